The van der Waals surface area contributed by atoms with Crippen molar-refractivity contribution in [3.63, 3.8) is 0 Å². The fraction of sp³-hybridized carbons (Fsp3) is 0.333. The van der Waals surface area contributed by atoms with Crippen LogP contribution in [0.3, 0.4) is 0 Å². The van der Waals surface area contributed by atoms with Gasteiger partial charge >= 0.3 is 5.97 Å². The van der Waals surface area contributed by atoms with E-state index in [1.165, 1.54) is 15.8 Å². The lowest BCUT2D eigenvalue weighted by atomic mass is 9.98. The van der Waals surface area contributed by atoms with Crippen LogP contribution >= 0.6 is 11.6 Å². The number of halogens is 1. The van der Waals surface area contributed by atoms with Crippen LogP contribution in [0.5, 0.6) is 0 Å². The number of aliphatic carboxylic acids is 1. The maximum absolute atomic E-state index is 12.5. The van der Waals surface area contributed by atoms with Gasteiger partial charge in [-0.25, -0.2) is 4.68 Å². The molecule has 1 N–H and O–H groups in total. The van der Waals surface area contributed by atoms with Crippen LogP contribution in [0.15, 0.2) is 30.5 Å². The van der Waals surface area contributed by atoms with Gasteiger partial charge in [-0.05, 0) is 31.0 Å². The quantitative estimate of drug-likeness (QED) is 0.925. The molecule has 1 saturated heterocycles. The molecule has 3 rings (SSSR count). The summed E-state index contributed by atoms with van der Waals surface area (Å²) in [7, 11) is 0. The summed E-state index contributed by atoms with van der Waals surface area (Å²) in [6, 6.07) is 7.04. The Morgan fingerprint density at radius 1 is 1.35 bits per heavy atom. The molecule has 1 aliphatic rings. The molecule has 0 radical (unpaired) electrons. The second-order valence-electron chi connectivity index (χ2n) is 5.46. The van der Waals surface area contributed by atoms with Crippen molar-refractivity contribution in [1.82, 2.24) is 19.9 Å². The van der Waals surface area contributed by atoms with Gasteiger partial charge in [-0.2, -0.15) is 0 Å². The van der Waals surface area contributed by atoms with Crippen molar-refractivity contribution >= 4 is 23.5 Å². The zero-order chi connectivity index (χ0) is 16.4. The Morgan fingerprint density at radius 2 is 2.17 bits per heavy atom. The number of carboxylic acid groups (broad SMARTS) is 1. The van der Waals surface area contributed by atoms with E-state index in [-0.39, 0.29) is 18.1 Å². The molecule has 2 aromatic rings. The van der Waals surface area contributed by atoms with Crippen LogP contribution in [0.25, 0.3) is 5.69 Å². The lowest BCUT2D eigenvalue weighted by Crippen LogP contribution is -2.42. The van der Waals surface area contributed by atoms with Gasteiger partial charge in [-0.1, -0.05) is 22.9 Å². The highest BCUT2D eigenvalue weighted by atomic mass is 35.5. The van der Waals surface area contributed by atoms with Crippen molar-refractivity contribution in [2.45, 2.75) is 12.8 Å². The highest BCUT2D eigenvalue weighted by molar-refractivity contribution is 6.30. The summed E-state index contributed by atoms with van der Waals surface area (Å²) in [6.07, 6.45) is 2.79. The second kappa shape index (κ2) is 6.37. The van der Waals surface area contributed by atoms with Gasteiger partial charge in [0.15, 0.2) is 5.69 Å². The molecule has 1 aromatic carbocycles. The summed E-state index contributed by atoms with van der Waals surface area (Å²) in [5.41, 5.74) is 0.891. The lowest BCUT2D eigenvalue weighted by Gasteiger charge is -2.29. The first-order valence-corrected chi connectivity index (χ1v) is 7.63. The van der Waals surface area contributed by atoms with Gasteiger partial charge in [0.2, 0.25) is 0 Å². The van der Waals surface area contributed by atoms with E-state index in [1.54, 1.807) is 24.3 Å². The molecule has 1 fully saturated rings. The van der Waals surface area contributed by atoms with Gasteiger partial charge in [-0.15, -0.1) is 5.10 Å². The predicted molar refractivity (Wildman–Crippen MR) is 82.6 cm³/mol. The molecular weight excluding hydrogens is 320 g/mol. The molecule has 0 spiro atoms. The van der Waals surface area contributed by atoms with E-state index in [1.807, 2.05) is 0 Å². The average molecular weight is 335 g/mol. The molecule has 120 valence electrons. The topological polar surface area (TPSA) is 88.3 Å². The van der Waals surface area contributed by atoms with Gasteiger partial charge in [-0.3, -0.25) is 9.59 Å². The molecule has 23 heavy (non-hydrogen) atoms. The van der Waals surface area contributed by atoms with Crippen LogP contribution in [0.1, 0.15) is 23.3 Å². The molecule has 8 heteroatoms. The first-order chi connectivity index (χ1) is 11.0. The van der Waals surface area contributed by atoms with Crippen molar-refractivity contribution in [2.24, 2.45) is 5.92 Å². The smallest absolute Gasteiger partial charge is 0.308 e. The number of hydrogen-bond donors (Lipinski definition) is 1. The number of likely N-dealkylation sites (tertiary alicyclic amines) is 1. The Labute approximate surface area is 137 Å². The van der Waals surface area contributed by atoms with Crippen LogP contribution < -0.4 is 0 Å². The van der Waals surface area contributed by atoms with E-state index in [0.717, 1.165) is 0 Å². The molecule has 2 heterocycles. The summed E-state index contributed by atoms with van der Waals surface area (Å²) in [5, 5.41) is 17.5. The minimum absolute atomic E-state index is 0.191. The Balaban J connectivity index is 1.77. The molecule has 0 bridgehead atoms. The van der Waals surface area contributed by atoms with Crippen LogP contribution in [-0.4, -0.2) is 50.0 Å². The summed E-state index contributed by atoms with van der Waals surface area (Å²) in [5.74, 6) is -1.69. The SMILES string of the molecule is O=C(O)C1CCCN(C(=O)c2cn(-c3cccc(Cl)c3)nn2)C1. The molecule has 7 nitrogen and oxygen atoms in total. The Morgan fingerprint density at radius 3 is 2.91 bits per heavy atom. The zero-order valence-electron chi connectivity index (χ0n) is 12.2. The lowest BCUT2D eigenvalue weighted by molar-refractivity contribution is -0.143. The first kappa shape index (κ1) is 15.5. The van der Waals surface area contributed by atoms with E-state index >= 15 is 0 Å². The van der Waals surface area contributed by atoms with E-state index in [0.29, 0.717) is 30.1 Å². The summed E-state index contributed by atoms with van der Waals surface area (Å²) in [6.45, 7) is 0.741. The number of carbonyl (C=O) groups excluding carboxylic acids is 1. The van der Waals surface area contributed by atoms with Gasteiger partial charge in [0.25, 0.3) is 5.91 Å². The monoisotopic (exact) mass is 334 g/mol. The minimum atomic E-state index is -0.870. The van der Waals surface area contributed by atoms with Gasteiger partial charge < -0.3 is 10.0 Å². The third-order valence-electron chi connectivity index (χ3n) is 3.84. The molecule has 1 unspecified atom stereocenters. The maximum Gasteiger partial charge on any atom is 0.308 e. The second-order valence-corrected chi connectivity index (χ2v) is 5.89. The molecule has 1 amide bonds. The van der Waals surface area contributed by atoms with Crippen LogP contribution in [0, 0.1) is 5.92 Å². The standard InChI is InChI=1S/C15H15ClN4O3/c16-11-4-1-5-12(7-11)20-9-13(17-18-20)14(21)19-6-2-3-10(8-19)15(22)23/h1,4-5,7,9-10H,2-3,6,8H2,(H,22,23). The Bertz CT molecular complexity index is 746. The van der Waals surface area contributed by atoms with Crippen molar-refractivity contribution < 1.29 is 14.7 Å². The van der Waals surface area contributed by atoms with E-state index < -0.39 is 11.9 Å². The number of benzene rings is 1. The zero-order valence-corrected chi connectivity index (χ0v) is 13.0. The number of carboxylic acids is 1. The summed E-state index contributed by atoms with van der Waals surface area (Å²) in [4.78, 5) is 25.1. The number of aromatic nitrogens is 3. The summed E-state index contributed by atoms with van der Waals surface area (Å²) >= 11 is 5.94. The molecule has 0 saturated carbocycles. The molecular formula is C15H15ClN4O3. The third kappa shape index (κ3) is 3.34. The highest BCUT2D eigenvalue weighted by Gasteiger charge is 2.29. The molecule has 1 atom stereocenters. The number of carbonyl (C=O) groups is 2. The normalized spacial score (nSPS) is 18.0. The minimum Gasteiger partial charge on any atom is -0.481 e. The fourth-order valence-corrected chi connectivity index (χ4v) is 2.82. The molecule has 1 aromatic heterocycles. The maximum atomic E-state index is 12.5. The predicted octanol–water partition coefficient (Wildman–Crippen LogP) is 1.86. The fourth-order valence-electron chi connectivity index (χ4n) is 2.63. The first-order valence-electron chi connectivity index (χ1n) is 7.25. The Kier molecular flexibility index (Phi) is 4.29. The number of amides is 1. The van der Waals surface area contributed by atoms with Crippen LogP contribution in [-0.2, 0) is 4.79 Å². The largest absolute Gasteiger partial charge is 0.481 e. The molecule has 1 aliphatic heterocycles. The van der Waals surface area contributed by atoms with Gasteiger partial charge in [0, 0.05) is 18.1 Å². The summed E-state index contributed by atoms with van der Waals surface area (Å²) < 4.78 is 1.47. The van der Waals surface area contributed by atoms with Gasteiger partial charge in [0.1, 0.15) is 0 Å². The number of hydrogen-bond acceptors (Lipinski definition) is 4. The third-order valence-corrected chi connectivity index (χ3v) is 4.08. The van der Waals surface area contributed by atoms with E-state index in [2.05, 4.69) is 10.3 Å². The van der Waals surface area contributed by atoms with Crippen molar-refractivity contribution in [3.8, 4) is 5.69 Å². The number of rotatable bonds is 3. The van der Waals surface area contributed by atoms with Crippen molar-refractivity contribution in [1.29, 1.82) is 0 Å². The van der Waals surface area contributed by atoms with Crippen LogP contribution in [0.4, 0.5) is 0 Å². The molecule has 0 aliphatic carbocycles. The average Bonchev–Trinajstić information content (AvgIpc) is 3.04. The number of piperidine rings is 1. The van der Waals surface area contributed by atoms with Crippen LogP contribution in [0.2, 0.25) is 5.02 Å². The van der Waals surface area contributed by atoms with E-state index in [9.17, 15) is 9.59 Å². The van der Waals surface area contributed by atoms with E-state index in [4.69, 9.17) is 16.7 Å². The number of nitrogens with zero attached hydrogens (tertiary/aromatic N) is 4. The van der Waals surface area contributed by atoms with Crippen molar-refractivity contribution in [2.75, 3.05) is 13.1 Å². The van der Waals surface area contributed by atoms with Gasteiger partial charge in [0.05, 0.1) is 17.8 Å². The Hall–Kier alpha value is -2.41. The van der Waals surface area contributed by atoms with Crippen molar-refractivity contribution in [3.05, 3.63) is 41.2 Å². The highest BCUT2D eigenvalue weighted by Crippen LogP contribution is 2.19.